The number of nitrogens with zero attached hydrogens (tertiary/aromatic N) is 2. The predicted molar refractivity (Wildman–Crippen MR) is 116 cm³/mol. The third-order valence-corrected chi connectivity index (χ3v) is 6.69. The minimum atomic E-state index is -4.02. The van der Waals surface area contributed by atoms with E-state index in [4.69, 9.17) is 4.74 Å². The fraction of sp³-hybridized carbons (Fsp3) is 0.250. The Hall–Kier alpha value is -2.89. The summed E-state index contributed by atoms with van der Waals surface area (Å²) in [6, 6.07) is 10.5. The number of sulfonamides is 1. The van der Waals surface area contributed by atoms with Crippen LogP contribution in [-0.2, 0) is 14.8 Å². The molecule has 1 unspecified atom stereocenters. The van der Waals surface area contributed by atoms with Gasteiger partial charge in [0.05, 0.1) is 12.0 Å². The highest BCUT2D eigenvalue weighted by atomic mass is 32.2. The summed E-state index contributed by atoms with van der Waals surface area (Å²) in [5.74, 6) is -0.779. The molecule has 0 bridgehead atoms. The van der Waals surface area contributed by atoms with Gasteiger partial charge in [0, 0.05) is 5.56 Å². The third kappa shape index (κ3) is 5.63. The molecule has 0 aliphatic heterocycles. The van der Waals surface area contributed by atoms with Crippen molar-refractivity contribution in [2.75, 3.05) is 12.4 Å². The highest BCUT2D eigenvalue weighted by Crippen LogP contribution is 2.28. The number of anilines is 1. The lowest BCUT2D eigenvalue weighted by molar-refractivity contribution is -0.118. The number of carbonyl (C=O) groups is 1. The monoisotopic (exact) mass is 464 g/mol. The van der Waals surface area contributed by atoms with Gasteiger partial charge in [-0.05, 0) is 54.4 Å². The first-order chi connectivity index (χ1) is 14.7. The summed E-state index contributed by atoms with van der Waals surface area (Å²) < 4.78 is 45.8. The van der Waals surface area contributed by atoms with Crippen molar-refractivity contribution in [1.29, 1.82) is 0 Å². The van der Waals surface area contributed by atoms with Crippen LogP contribution in [0.3, 0.4) is 0 Å². The molecule has 0 saturated heterocycles. The van der Waals surface area contributed by atoms with Gasteiger partial charge in [0.15, 0.2) is 0 Å². The topological polar surface area (TPSA) is 110 Å². The average molecular weight is 465 g/mol. The third-order valence-electron chi connectivity index (χ3n) is 4.35. The van der Waals surface area contributed by atoms with Crippen LogP contribution >= 0.6 is 11.3 Å². The predicted octanol–water partition coefficient (Wildman–Crippen LogP) is 3.29. The Kier molecular flexibility index (Phi) is 6.98. The van der Waals surface area contributed by atoms with Crippen LogP contribution in [0.4, 0.5) is 9.52 Å². The maximum Gasteiger partial charge on any atom is 0.244 e. The van der Waals surface area contributed by atoms with E-state index in [0.29, 0.717) is 10.8 Å². The average Bonchev–Trinajstić information content (AvgIpc) is 3.20. The van der Waals surface area contributed by atoms with Crippen LogP contribution in [0.5, 0.6) is 5.75 Å². The molecule has 0 aliphatic rings. The Balaban J connectivity index is 1.73. The summed E-state index contributed by atoms with van der Waals surface area (Å²) in [5.41, 5.74) is 0.802. The fourth-order valence-corrected chi connectivity index (χ4v) is 4.74. The number of hydrogen-bond donors (Lipinski definition) is 2. The van der Waals surface area contributed by atoms with Crippen molar-refractivity contribution in [3.63, 3.8) is 0 Å². The lowest BCUT2D eigenvalue weighted by Crippen LogP contribution is -2.47. The number of methoxy groups -OCH3 is 1. The molecule has 2 aromatic carbocycles. The Labute approximate surface area is 183 Å². The molecule has 0 radical (unpaired) electrons. The van der Waals surface area contributed by atoms with E-state index in [2.05, 4.69) is 20.2 Å². The standard InChI is InChI=1S/C20H21FN4O4S2/c1-12(2)17(25-31(27,28)16-10-6-14(21)7-11-16)18(26)22-20-24-23-19(30-20)13-4-8-15(29-3)9-5-13/h4-12,17,25H,1-3H3,(H,22,24,26). The molecule has 8 nitrogen and oxygen atoms in total. The van der Waals surface area contributed by atoms with Crippen molar-refractivity contribution in [2.45, 2.75) is 24.8 Å². The molecule has 0 spiro atoms. The molecule has 1 amide bonds. The van der Waals surface area contributed by atoms with E-state index in [1.54, 1.807) is 33.1 Å². The quantitative estimate of drug-likeness (QED) is 0.529. The van der Waals surface area contributed by atoms with Crippen LogP contribution in [0.2, 0.25) is 0 Å². The van der Waals surface area contributed by atoms with Crippen molar-refractivity contribution >= 4 is 32.4 Å². The summed E-state index contributed by atoms with van der Waals surface area (Å²) in [4.78, 5) is 12.6. The molecule has 1 aromatic heterocycles. The van der Waals surface area contributed by atoms with Gasteiger partial charge in [0.2, 0.25) is 21.1 Å². The zero-order chi connectivity index (χ0) is 22.6. The Morgan fingerprint density at radius 2 is 1.71 bits per heavy atom. The normalized spacial score (nSPS) is 12.5. The summed E-state index contributed by atoms with van der Waals surface area (Å²) >= 11 is 1.16. The Morgan fingerprint density at radius 1 is 1.06 bits per heavy atom. The van der Waals surface area contributed by atoms with Gasteiger partial charge in [-0.1, -0.05) is 25.2 Å². The highest BCUT2D eigenvalue weighted by molar-refractivity contribution is 7.89. The van der Waals surface area contributed by atoms with Crippen molar-refractivity contribution in [1.82, 2.24) is 14.9 Å². The second-order valence-electron chi connectivity index (χ2n) is 6.93. The summed E-state index contributed by atoms with van der Waals surface area (Å²) in [5, 5.41) is 11.5. The molecule has 11 heteroatoms. The Bertz CT molecular complexity index is 1150. The second kappa shape index (κ2) is 9.50. The van der Waals surface area contributed by atoms with Gasteiger partial charge in [-0.2, -0.15) is 4.72 Å². The SMILES string of the molecule is COc1ccc(-c2nnc(NC(=O)C(NS(=O)(=O)c3ccc(F)cc3)C(C)C)s2)cc1. The van der Waals surface area contributed by atoms with E-state index in [1.807, 2.05) is 12.1 Å². The molecule has 31 heavy (non-hydrogen) atoms. The number of nitrogens with one attached hydrogen (secondary N) is 2. The summed E-state index contributed by atoms with van der Waals surface area (Å²) in [6.45, 7) is 3.42. The molecular formula is C20H21FN4O4S2. The van der Waals surface area contributed by atoms with Gasteiger partial charge < -0.3 is 4.74 Å². The van der Waals surface area contributed by atoms with E-state index < -0.39 is 27.8 Å². The number of rotatable bonds is 8. The van der Waals surface area contributed by atoms with Crippen LogP contribution in [0, 0.1) is 11.7 Å². The number of benzene rings is 2. The molecule has 3 rings (SSSR count). The van der Waals surface area contributed by atoms with Crippen molar-refractivity contribution in [3.8, 4) is 16.3 Å². The molecule has 0 saturated carbocycles. The van der Waals surface area contributed by atoms with Crippen LogP contribution in [0.1, 0.15) is 13.8 Å². The zero-order valence-corrected chi connectivity index (χ0v) is 18.6. The van der Waals surface area contributed by atoms with Gasteiger partial charge >= 0.3 is 0 Å². The van der Waals surface area contributed by atoms with Crippen LogP contribution in [0.15, 0.2) is 53.4 Å². The molecule has 0 aliphatic carbocycles. The molecule has 1 heterocycles. The van der Waals surface area contributed by atoms with Crippen LogP contribution in [-0.4, -0.2) is 37.7 Å². The first kappa shape index (κ1) is 22.8. The molecule has 164 valence electrons. The fourth-order valence-electron chi connectivity index (χ4n) is 2.65. The number of halogens is 1. The minimum Gasteiger partial charge on any atom is -0.497 e. The van der Waals surface area contributed by atoms with E-state index in [1.165, 1.54) is 0 Å². The number of ether oxygens (including phenoxy) is 1. The molecular weight excluding hydrogens is 443 g/mol. The summed E-state index contributed by atoms with van der Waals surface area (Å²) in [6.07, 6.45) is 0. The number of amides is 1. The first-order valence-electron chi connectivity index (χ1n) is 9.26. The van der Waals surface area contributed by atoms with Gasteiger partial charge in [-0.25, -0.2) is 12.8 Å². The minimum absolute atomic E-state index is 0.134. The molecule has 3 aromatic rings. The highest BCUT2D eigenvalue weighted by Gasteiger charge is 2.29. The van der Waals surface area contributed by atoms with E-state index in [0.717, 1.165) is 41.2 Å². The van der Waals surface area contributed by atoms with Gasteiger partial charge in [-0.15, -0.1) is 10.2 Å². The maximum absolute atomic E-state index is 13.1. The molecule has 0 fully saturated rings. The summed E-state index contributed by atoms with van der Waals surface area (Å²) in [7, 11) is -2.45. The lowest BCUT2D eigenvalue weighted by Gasteiger charge is -2.20. The van der Waals surface area contributed by atoms with Gasteiger partial charge in [-0.3, -0.25) is 10.1 Å². The van der Waals surface area contributed by atoms with Gasteiger partial charge in [0.25, 0.3) is 0 Å². The smallest absolute Gasteiger partial charge is 0.244 e. The maximum atomic E-state index is 13.1. The van der Waals surface area contributed by atoms with Crippen LogP contribution < -0.4 is 14.8 Å². The molecule has 2 N–H and O–H groups in total. The van der Waals surface area contributed by atoms with Crippen LogP contribution in [0.25, 0.3) is 10.6 Å². The van der Waals surface area contributed by atoms with E-state index in [-0.39, 0.29) is 15.9 Å². The number of aromatic nitrogens is 2. The first-order valence-corrected chi connectivity index (χ1v) is 11.6. The van der Waals surface area contributed by atoms with Crippen molar-refractivity contribution in [2.24, 2.45) is 5.92 Å². The van der Waals surface area contributed by atoms with E-state index >= 15 is 0 Å². The van der Waals surface area contributed by atoms with Crippen molar-refractivity contribution < 1.29 is 22.3 Å². The van der Waals surface area contributed by atoms with Gasteiger partial charge in [0.1, 0.15) is 22.6 Å². The largest absolute Gasteiger partial charge is 0.497 e. The van der Waals surface area contributed by atoms with Crippen molar-refractivity contribution in [3.05, 3.63) is 54.3 Å². The Morgan fingerprint density at radius 3 is 2.29 bits per heavy atom. The zero-order valence-electron chi connectivity index (χ0n) is 17.0. The lowest BCUT2D eigenvalue weighted by atomic mass is 10.1. The number of hydrogen-bond acceptors (Lipinski definition) is 7. The molecule has 1 atom stereocenters. The van der Waals surface area contributed by atoms with E-state index in [9.17, 15) is 17.6 Å². The second-order valence-corrected chi connectivity index (χ2v) is 9.62. The number of carbonyl (C=O) groups excluding carboxylic acids is 1.